The third-order valence-electron chi connectivity index (χ3n) is 2.82. The molecule has 0 aliphatic carbocycles. The SMILES string of the molecule is CCCc1n[nH]c(=S)n1NCc1ccc(OC)cc1. The lowest BCUT2D eigenvalue weighted by atomic mass is 10.2. The van der Waals surface area contributed by atoms with Crippen LogP contribution in [-0.2, 0) is 13.0 Å². The number of benzene rings is 1. The van der Waals surface area contributed by atoms with Crippen molar-refractivity contribution in [1.29, 1.82) is 0 Å². The Kier molecular flexibility index (Phi) is 4.57. The van der Waals surface area contributed by atoms with Crippen molar-refractivity contribution in [2.45, 2.75) is 26.3 Å². The Bertz CT molecular complexity index is 573. The minimum absolute atomic E-state index is 0.594. The highest BCUT2D eigenvalue weighted by atomic mass is 32.1. The molecular formula is C13H18N4OS. The second kappa shape index (κ2) is 6.38. The van der Waals surface area contributed by atoms with Gasteiger partial charge in [0.25, 0.3) is 0 Å². The van der Waals surface area contributed by atoms with E-state index in [-0.39, 0.29) is 0 Å². The summed E-state index contributed by atoms with van der Waals surface area (Å²) in [5.41, 5.74) is 4.44. The van der Waals surface area contributed by atoms with Crippen LogP contribution in [0.15, 0.2) is 24.3 Å². The number of methoxy groups -OCH3 is 1. The molecule has 0 fully saturated rings. The average Bonchev–Trinajstić information content (AvgIpc) is 2.78. The van der Waals surface area contributed by atoms with Crippen LogP contribution >= 0.6 is 12.2 Å². The summed E-state index contributed by atoms with van der Waals surface area (Å²) in [7, 11) is 1.66. The Balaban J connectivity index is 2.05. The molecule has 1 aromatic heterocycles. The third-order valence-corrected chi connectivity index (χ3v) is 3.09. The van der Waals surface area contributed by atoms with E-state index in [0.717, 1.165) is 30.0 Å². The van der Waals surface area contributed by atoms with Crippen LogP contribution in [0.25, 0.3) is 0 Å². The molecule has 0 radical (unpaired) electrons. The maximum Gasteiger partial charge on any atom is 0.214 e. The zero-order chi connectivity index (χ0) is 13.7. The molecule has 0 saturated heterocycles. The fourth-order valence-electron chi connectivity index (χ4n) is 1.80. The summed E-state index contributed by atoms with van der Waals surface area (Å²) < 4.78 is 7.56. The molecule has 0 atom stereocenters. The van der Waals surface area contributed by atoms with E-state index in [4.69, 9.17) is 17.0 Å². The quantitative estimate of drug-likeness (QED) is 0.798. The van der Waals surface area contributed by atoms with Crippen LogP contribution in [0.3, 0.4) is 0 Å². The highest BCUT2D eigenvalue weighted by molar-refractivity contribution is 7.71. The predicted molar refractivity (Wildman–Crippen MR) is 77.5 cm³/mol. The lowest BCUT2D eigenvalue weighted by Gasteiger charge is -2.10. The van der Waals surface area contributed by atoms with Gasteiger partial charge in [0.2, 0.25) is 4.77 Å². The van der Waals surface area contributed by atoms with E-state index in [2.05, 4.69) is 22.5 Å². The van der Waals surface area contributed by atoms with E-state index >= 15 is 0 Å². The number of rotatable bonds is 6. The minimum Gasteiger partial charge on any atom is -0.497 e. The summed E-state index contributed by atoms with van der Waals surface area (Å²) in [6, 6.07) is 7.93. The number of ether oxygens (including phenoxy) is 1. The van der Waals surface area contributed by atoms with E-state index in [1.807, 2.05) is 28.9 Å². The van der Waals surface area contributed by atoms with Gasteiger partial charge in [0, 0.05) is 6.42 Å². The van der Waals surface area contributed by atoms with Crippen molar-refractivity contribution < 1.29 is 4.74 Å². The number of nitrogens with zero attached hydrogens (tertiary/aromatic N) is 2. The summed E-state index contributed by atoms with van der Waals surface area (Å²) >= 11 is 5.20. The molecule has 5 nitrogen and oxygen atoms in total. The number of nitrogens with one attached hydrogen (secondary N) is 2. The first-order chi connectivity index (χ1) is 9.24. The Morgan fingerprint density at radius 1 is 1.37 bits per heavy atom. The highest BCUT2D eigenvalue weighted by Crippen LogP contribution is 2.11. The van der Waals surface area contributed by atoms with Crippen LogP contribution in [0.1, 0.15) is 24.7 Å². The van der Waals surface area contributed by atoms with Gasteiger partial charge in [0.1, 0.15) is 5.75 Å². The monoisotopic (exact) mass is 278 g/mol. The normalized spacial score (nSPS) is 10.4. The Hall–Kier alpha value is -1.82. The van der Waals surface area contributed by atoms with E-state index in [0.29, 0.717) is 11.3 Å². The van der Waals surface area contributed by atoms with Crippen molar-refractivity contribution in [3.05, 3.63) is 40.4 Å². The second-order valence-corrected chi connectivity index (χ2v) is 4.60. The molecule has 0 aliphatic heterocycles. The van der Waals surface area contributed by atoms with Gasteiger partial charge in [-0.05, 0) is 36.3 Å². The van der Waals surface area contributed by atoms with Crippen molar-refractivity contribution in [3.8, 4) is 5.75 Å². The summed E-state index contributed by atoms with van der Waals surface area (Å²) in [6.07, 6.45) is 1.92. The molecule has 2 N–H and O–H groups in total. The Labute approximate surface area is 117 Å². The number of aromatic nitrogens is 3. The molecule has 19 heavy (non-hydrogen) atoms. The van der Waals surface area contributed by atoms with Crippen LogP contribution in [0, 0.1) is 4.77 Å². The van der Waals surface area contributed by atoms with Gasteiger partial charge in [0.15, 0.2) is 5.82 Å². The van der Waals surface area contributed by atoms with Gasteiger partial charge in [-0.25, -0.2) is 4.68 Å². The van der Waals surface area contributed by atoms with Crippen LogP contribution in [-0.4, -0.2) is 22.0 Å². The van der Waals surface area contributed by atoms with Crippen molar-refractivity contribution in [2.24, 2.45) is 0 Å². The molecule has 1 heterocycles. The predicted octanol–water partition coefficient (Wildman–Crippen LogP) is 2.65. The molecule has 0 amide bonds. The third kappa shape index (κ3) is 3.35. The number of hydrogen-bond donors (Lipinski definition) is 2. The first-order valence-corrected chi connectivity index (χ1v) is 6.68. The molecular weight excluding hydrogens is 260 g/mol. The fraction of sp³-hybridized carbons (Fsp3) is 0.385. The minimum atomic E-state index is 0.594. The first kappa shape index (κ1) is 13.6. The number of hydrogen-bond acceptors (Lipinski definition) is 4. The number of aromatic amines is 1. The summed E-state index contributed by atoms with van der Waals surface area (Å²) in [5.74, 6) is 1.79. The molecule has 0 aliphatic rings. The molecule has 0 unspecified atom stereocenters. The van der Waals surface area contributed by atoms with Crippen molar-refractivity contribution in [3.63, 3.8) is 0 Å². The van der Waals surface area contributed by atoms with E-state index < -0.39 is 0 Å². The standard InChI is InChI=1S/C13H18N4OS/c1-3-4-12-15-16-13(19)17(12)14-9-10-5-7-11(18-2)8-6-10/h5-8,14H,3-4,9H2,1-2H3,(H,16,19). The van der Waals surface area contributed by atoms with Crippen LogP contribution in [0.4, 0.5) is 0 Å². The molecule has 0 bridgehead atoms. The molecule has 102 valence electrons. The largest absolute Gasteiger partial charge is 0.497 e. The summed E-state index contributed by atoms with van der Waals surface area (Å²) in [5, 5.41) is 7.02. The fourth-order valence-corrected chi connectivity index (χ4v) is 2.01. The van der Waals surface area contributed by atoms with Crippen LogP contribution in [0.5, 0.6) is 5.75 Å². The Morgan fingerprint density at radius 3 is 2.74 bits per heavy atom. The van der Waals surface area contributed by atoms with E-state index in [9.17, 15) is 0 Å². The van der Waals surface area contributed by atoms with Gasteiger partial charge in [0.05, 0.1) is 13.7 Å². The molecule has 6 heteroatoms. The van der Waals surface area contributed by atoms with E-state index in [1.165, 1.54) is 0 Å². The topological polar surface area (TPSA) is 54.9 Å². The lowest BCUT2D eigenvalue weighted by Crippen LogP contribution is -2.17. The molecule has 1 aromatic carbocycles. The second-order valence-electron chi connectivity index (χ2n) is 4.21. The first-order valence-electron chi connectivity index (χ1n) is 6.27. The smallest absolute Gasteiger partial charge is 0.214 e. The van der Waals surface area contributed by atoms with Crippen molar-refractivity contribution in [2.75, 3.05) is 12.5 Å². The lowest BCUT2D eigenvalue weighted by molar-refractivity contribution is 0.414. The maximum absolute atomic E-state index is 5.20. The summed E-state index contributed by atoms with van der Waals surface area (Å²) in [6.45, 7) is 2.81. The van der Waals surface area contributed by atoms with Gasteiger partial charge < -0.3 is 10.2 Å². The van der Waals surface area contributed by atoms with Gasteiger partial charge in [-0.3, -0.25) is 5.10 Å². The Morgan fingerprint density at radius 2 is 2.11 bits per heavy atom. The van der Waals surface area contributed by atoms with Crippen molar-refractivity contribution in [1.82, 2.24) is 14.9 Å². The van der Waals surface area contributed by atoms with Crippen LogP contribution < -0.4 is 10.2 Å². The van der Waals surface area contributed by atoms with E-state index in [1.54, 1.807) is 7.11 Å². The van der Waals surface area contributed by atoms with Gasteiger partial charge >= 0.3 is 0 Å². The zero-order valence-corrected chi connectivity index (χ0v) is 12.0. The number of H-pyrrole nitrogens is 1. The summed E-state index contributed by atoms with van der Waals surface area (Å²) in [4.78, 5) is 0. The zero-order valence-electron chi connectivity index (χ0n) is 11.1. The van der Waals surface area contributed by atoms with Gasteiger partial charge in [-0.15, -0.1) is 0 Å². The molecule has 0 spiro atoms. The maximum atomic E-state index is 5.20. The number of aryl methyl sites for hydroxylation is 1. The van der Waals surface area contributed by atoms with Gasteiger partial charge in [-0.1, -0.05) is 19.1 Å². The van der Waals surface area contributed by atoms with Gasteiger partial charge in [-0.2, -0.15) is 5.10 Å². The van der Waals surface area contributed by atoms with Crippen molar-refractivity contribution >= 4 is 12.2 Å². The molecule has 2 aromatic rings. The molecule has 2 rings (SSSR count). The highest BCUT2D eigenvalue weighted by Gasteiger charge is 2.04. The molecule has 0 saturated carbocycles. The average molecular weight is 278 g/mol. The van der Waals surface area contributed by atoms with Crippen LogP contribution in [0.2, 0.25) is 0 Å².